The zero-order chi connectivity index (χ0) is 13.4. The molecule has 2 aliphatic rings. The molecule has 0 aliphatic heterocycles. The van der Waals surface area contributed by atoms with Gasteiger partial charge in [-0.1, -0.05) is 18.5 Å². The van der Waals surface area contributed by atoms with Crippen LogP contribution in [0.1, 0.15) is 62.8 Å². The van der Waals surface area contributed by atoms with E-state index in [2.05, 4.69) is 17.1 Å². The van der Waals surface area contributed by atoms with E-state index in [-0.39, 0.29) is 18.1 Å². The van der Waals surface area contributed by atoms with Crippen LogP contribution in [0.5, 0.6) is 0 Å². The Morgan fingerprint density at radius 1 is 1.42 bits per heavy atom. The number of methoxy groups -OCH3 is 1. The lowest BCUT2D eigenvalue weighted by atomic mass is 9.85. The van der Waals surface area contributed by atoms with Crippen LogP contribution in [0, 0.1) is 11.8 Å². The van der Waals surface area contributed by atoms with E-state index >= 15 is 0 Å². The lowest BCUT2D eigenvalue weighted by molar-refractivity contribution is 0.0854. The van der Waals surface area contributed by atoms with Crippen molar-refractivity contribution < 1.29 is 9.26 Å². The Labute approximate surface area is 113 Å². The highest BCUT2D eigenvalue weighted by molar-refractivity contribution is 5.12. The summed E-state index contributed by atoms with van der Waals surface area (Å²) in [6, 6.07) is 0.194. The van der Waals surface area contributed by atoms with E-state index in [0.717, 1.165) is 18.7 Å². The molecule has 5 heteroatoms. The minimum absolute atomic E-state index is 0.0580. The van der Waals surface area contributed by atoms with Gasteiger partial charge in [-0.15, -0.1) is 0 Å². The Bertz CT molecular complexity index is 432. The topological polar surface area (TPSA) is 74.2 Å². The maximum absolute atomic E-state index is 6.31. The fraction of sp³-hybridized carbons (Fsp3) is 0.857. The molecule has 0 amide bonds. The summed E-state index contributed by atoms with van der Waals surface area (Å²) in [5.74, 6) is 2.96. The summed E-state index contributed by atoms with van der Waals surface area (Å²) in [6.45, 7) is 2.12. The second-order valence-corrected chi connectivity index (χ2v) is 5.94. The molecule has 0 radical (unpaired) electrons. The second-order valence-electron chi connectivity index (χ2n) is 5.94. The average molecular weight is 265 g/mol. The summed E-state index contributed by atoms with van der Waals surface area (Å²) < 4.78 is 10.9. The molecule has 2 saturated carbocycles. The Kier molecular flexibility index (Phi) is 3.58. The second kappa shape index (κ2) is 5.21. The molecule has 3 rings (SSSR count). The van der Waals surface area contributed by atoms with E-state index in [9.17, 15) is 0 Å². The molecule has 5 atom stereocenters. The summed E-state index contributed by atoms with van der Waals surface area (Å²) in [6.07, 6.45) is 5.64. The molecule has 2 fully saturated rings. The van der Waals surface area contributed by atoms with Crippen molar-refractivity contribution in [3.8, 4) is 0 Å². The molecule has 2 bridgehead atoms. The lowest BCUT2D eigenvalue weighted by Crippen LogP contribution is -2.34. The Balaban J connectivity index is 1.78. The molecular formula is C14H23N3O2. The summed E-state index contributed by atoms with van der Waals surface area (Å²) in [5, 5.41) is 4.10. The largest absolute Gasteiger partial charge is 0.373 e. The van der Waals surface area contributed by atoms with Crippen LogP contribution in [-0.2, 0) is 4.74 Å². The number of rotatable bonds is 5. The van der Waals surface area contributed by atoms with Crippen LogP contribution in [0.3, 0.4) is 0 Å². The van der Waals surface area contributed by atoms with E-state index in [4.69, 9.17) is 15.0 Å². The van der Waals surface area contributed by atoms with Crippen molar-refractivity contribution in [3.63, 3.8) is 0 Å². The van der Waals surface area contributed by atoms with E-state index in [0.29, 0.717) is 17.7 Å². The van der Waals surface area contributed by atoms with Crippen molar-refractivity contribution in [1.29, 1.82) is 0 Å². The molecular weight excluding hydrogens is 242 g/mol. The first-order chi connectivity index (χ1) is 9.24. The van der Waals surface area contributed by atoms with Gasteiger partial charge in [0.05, 0.1) is 5.92 Å². The van der Waals surface area contributed by atoms with Gasteiger partial charge in [0, 0.05) is 13.2 Å². The average Bonchev–Trinajstić information content (AvgIpc) is 3.10. The number of fused-ring (bicyclic) bond motifs is 2. The molecule has 0 saturated heterocycles. The molecule has 1 aromatic heterocycles. The summed E-state index contributed by atoms with van der Waals surface area (Å²) in [7, 11) is 1.69. The van der Waals surface area contributed by atoms with Crippen LogP contribution in [0.2, 0.25) is 0 Å². The maximum atomic E-state index is 6.31. The third-order valence-corrected chi connectivity index (χ3v) is 4.85. The zero-order valence-electron chi connectivity index (χ0n) is 11.7. The van der Waals surface area contributed by atoms with Gasteiger partial charge in [-0.25, -0.2) is 0 Å². The monoisotopic (exact) mass is 265 g/mol. The van der Waals surface area contributed by atoms with Gasteiger partial charge in [0.25, 0.3) is 0 Å². The predicted octanol–water partition coefficient (Wildman–Crippen LogP) is 2.40. The van der Waals surface area contributed by atoms with Crippen molar-refractivity contribution in [1.82, 2.24) is 10.1 Å². The van der Waals surface area contributed by atoms with Crippen molar-refractivity contribution in [3.05, 3.63) is 11.7 Å². The fourth-order valence-electron chi connectivity index (χ4n) is 3.83. The van der Waals surface area contributed by atoms with Gasteiger partial charge in [-0.2, -0.15) is 4.98 Å². The van der Waals surface area contributed by atoms with E-state index in [1.165, 1.54) is 19.3 Å². The minimum Gasteiger partial charge on any atom is -0.373 e. The van der Waals surface area contributed by atoms with Crippen LogP contribution in [0.25, 0.3) is 0 Å². The van der Waals surface area contributed by atoms with Gasteiger partial charge in [0.1, 0.15) is 6.10 Å². The summed E-state index contributed by atoms with van der Waals surface area (Å²) in [4.78, 5) is 4.57. The van der Waals surface area contributed by atoms with Gasteiger partial charge >= 0.3 is 0 Å². The SMILES string of the molecule is CCCC(OC)c1noc(C2C3CCC(C3)C2N)n1. The van der Waals surface area contributed by atoms with Gasteiger partial charge in [-0.3, -0.25) is 0 Å². The van der Waals surface area contributed by atoms with Gasteiger partial charge < -0.3 is 15.0 Å². The highest BCUT2D eigenvalue weighted by Crippen LogP contribution is 2.51. The molecule has 5 nitrogen and oxygen atoms in total. The van der Waals surface area contributed by atoms with E-state index in [1.807, 2.05) is 0 Å². The van der Waals surface area contributed by atoms with Crippen molar-refractivity contribution in [2.75, 3.05) is 7.11 Å². The fourth-order valence-corrected chi connectivity index (χ4v) is 3.83. The lowest BCUT2D eigenvalue weighted by Gasteiger charge is -2.24. The number of nitrogens with two attached hydrogens (primary N) is 1. The molecule has 5 unspecified atom stereocenters. The molecule has 19 heavy (non-hydrogen) atoms. The quantitative estimate of drug-likeness (QED) is 0.884. The number of ether oxygens (including phenoxy) is 1. The van der Waals surface area contributed by atoms with Crippen molar-refractivity contribution >= 4 is 0 Å². The zero-order valence-corrected chi connectivity index (χ0v) is 11.7. The summed E-state index contributed by atoms with van der Waals surface area (Å²) in [5.41, 5.74) is 6.31. The van der Waals surface area contributed by atoms with E-state index in [1.54, 1.807) is 7.11 Å². The maximum Gasteiger partial charge on any atom is 0.231 e. The van der Waals surface area contributed by atoms with Gasteiger partial charge in [-0.05, 0) is 37.5 Å². The standard InChI is InChI=1S/C14H23N3O2/c1-3-4-10(18-2)13-16-14(19-17-13)11-8-5-6-9(7-8)12(11)15/h8-12H,3-7,15H2,1-2H3. The van der Waals surface area contributed by atoms with E-state index < -0.39 is 0 Å². The molecule has 1 aromatic rings. The highest BCUT2D eigenvalue weighted by atomic mass is 16.5. The minimum atomic E-state index is -0.0580. The smallest absolute Gasteiger partial charge is 0.231 e. The normalized spacial score (nSPS) is 34.9. The van der Waals surface area contributed by atoms with Gasteiger partial charge in [0.15, 0.2) is 0 Å². The van der Waals surface area contributed by atoms with Crippen molar-refractivity contribution in [2.45, 2.75) is 57.1 Å². The van der Waals surface area contributed by atoms with Crippen LogP contribution in [-0.4, -0.2) is 23.3 Å². The van der Waals surface area contributed by atoms with Crippen LogP contribution >= 0.6 is 0 Å². The number of hydrogen-bond donors (Lipinski definition) is 1. The first-order valence-corrected chi connectivity index (χ1v) is 7.36. The number of hydrogen-bond acceptors (Lipinski definition) is 5. The van der Waals surface area contributed by atoms with Gasteiger partial charge in [0.2, 0.25) is 11.7 Å². The summed E-state index contributed by atoms with van der Waals surface area (Å²) >= 11 is 0. The molecule has 0 spiro atoms. The molecule has 2 N–H and O–H groups in total. The third kappa shape index (κ3) is 2.19. The highest BCUT2D eigenvalue weighted by Gasteiger charge is 2.49. The Hall–Kier alpha value is -0.940. The van der Waals surface area contributed by atoms with Crippen LogP contribution < -0.4 is 5.73 Å². The number of nitrogens with zero attached hydrogens (tertiary/aromatic N) is 2. The predicted molar refractivity (Wildman–Crippen MR) is 70.5 cm³/mol. The molecule has 106 valence electrons. The first kappa shape index (κ1) is 13.1. The third-order valence-electron chi connectivity index (χ3n) is 4.85. The molecule has 2 aliphatic carbocycles. The van der Waals surface area contributed by atoms with Crippen LogP contribution in [0.15, 0.2) is 4.52 Å². The first-order valence-electron chi connectivity index (χ1n) is 7.36. The van der Waals surface area contributed by atoms with Crippen molar-refractivity contribution in [2.24, 2.45) is 17.6 Å². The molecule has 0 aromatic carbocycles. The molecule has 1 heterocycles. The Morgan fingerprint density at radius 3 is 2.84 bits per heavy atom. The van der Waals surface area contributed by atoms with Crippen LogP contribution in [0.4, 0.5) is 0 Å². The number of aromatic nitrogens is 2. The Morgan fingerprint density at radius 2 is 2.21 bits per heavy atom.